The molecule has 2 aromatic rings. The first kappa shape index (κ1) is 14.9. The van der Waals surface area contributed by atoms with E-state index in [1.165, 1.54) is 12.1 Å². The molecule has 110 valence electrons. The second-order valence-corrected chi connectivity index (χ2v) is 4.37. The molecule has 0 saturated heterocycles. The van der Waals surface area contributed by atoms with E-state index in [4.69, 9.17) is 9.47 Å². The number of hydrogen-bond donors (Lipinski definition) is 2. The summed E-state index contributed by atoms with van der Waals surface area (Å²) in [5, 5.41) is 12.0. The van der Waals surface area contributed by atoms with Crippen LogP contribution in [0.5, 0.6) is 11.5 Å². The first-order valence-corrected chi connectivity index (χ1v) is 6.51. The minimum Gasteiger partial charge on any atom is -0.508 e. The molecule has 0 saturated carbocycles. The van der Waals surface area contributed by atoms with Gasteiger partial charge in [-0.1, -0.05) is 6.07 Å². The molecule has 5 nitrogen and oxygen atoms in total. The maximum absolute atomic E-state index is 12.0. The highest BCUT2D eigenvalue weighted by Gasteiger charge is 2.06. The van der Waals surface area contributed by atoms with Crippen LogP contribution in [0.15, 0.2) is 48.5 Å². The lowest BCUT2D eigenvalue weighted by Gasteiger charge is -2.09. The summed E-state index contributed by atoms with van der Waals surface area (Å²) in [6.45, 7) is 0.954. The highest BCUT2D eigenvalue weighted by Crippen LogP contribution is 2.18. The van der Waals surface area contributed by atoms with Crippen LogP contribution in [-0.4, -0.2) is 31.3 Å². The smallest absolute Gasteiger partial charge is 0.255 e. The van der Waals surface area contributed by atoms with Gasteiger partial charge < -0.3 is 19.9 Å². The number of carbonyl (C=O) groups is 1. The number of phenolic OH excluding ortho intramolecular Hbond substituents is 1. The second kappa shape index (κ2) is 7.31. The lowest BCUT2D eigenvalue weighted by molar-refractivity contribution is 0.102. The fourth-order valence-corrected chi connectivity index (χ4v) is 1.72. The van der Waals surface area contributed by atoms with Crippen LogP contribution < -0.4 is 10.1 Å². The molecular formula is C16H17NO4. The Bertz CT molecular complexity index is 595. The molecule has 2 aromatic carbocycles. The van der Waals surface area contributed by atoms with Crippen molar-refractivity contribution in [2.24, 2.45) is 0 Å². The van der Waals surface area contributed by atoms with Crippen molar-refractivity contribution in [2.45, 2.75) is 0 Å². The SMILES string of the molecule is COCCOc1cccc(NC(=O)c2ccc(O)cc2)c1. The van der Waals surface area contributed by atoms with Crippen molar-refractivity contribution in [1.29, 1.82) is 0 Å². The van der Waals surface area contributed by atoms with E-state index >= 15 is 0 Å². The molecule has 0 aliphatic rings. The Morgan fingerprint density at radius 2 is 1.90 bits per heavy atom. The van der Waals surface area contributed by atoms with Crippen molar-refractivity contribution in [3.05, 3.63) is 54.1 Å². The van der Waals surface area contributed by atoms with E-state index < -0.39 is 0 Å². The summed E-state index contributed by atoms with van der Waals surface area (Å²) >= 11 is 0. The third kappa shape index (κ3) is 4.50. The van der Waals surface area contributed by atoms with Crippen LogP contribution >= 0.6 is 0 Å². The number of aromatic hydroxyl groups is 1. The number of ether oxygens (including phenoxy) is 2. The molecule has 0 fully saturated rings. The van der Waals surface area contributed by atoms with Gasteiger partial charge in [0.15, 0.2) is 0 Å². The second-order valence-electron chi connectivity index (χ2n) is 4.37. The van der Waals surface area contributed by atoms with Crippen LogP contribution in [0.25, 0.3) is 0 Å². The first-order chi connectivity index (χ1) is 10.2. The number of phenols is 1. The average molecular weight is 287 g/mol. The lowest BCUT2D eigenvalue weighted by Crippen LogP contribution is -2.11. The molecule has 0 atom stereocenters. The minimum absolute atomic E-state index is 0.125. The standard InChI is InChI=1S/C16H17NO4/c1-20-9-10-21-15-4-2-3-13(11-15)17-16(19)12-5-7-14(18)8-6-12/h2-8,11,18H,9-10H2,1H3,(H,17,19). The van der Waals surface area contributed by atoms with Gasteiger partial charge in [0.05, 0.1) is 6.61 Å². The normalized spacial score (nSPS) is 10.1. The summed E-state index contributed by atoms with van der Waals surface area (Å²) < 4.78 is 10.4. The molecule has 0 heterocycles. The Balaban J connectivity index is 2.00. The molecule has 1 amide bonds. The molecule has 0 bridgehead atoms. The van der Waals surface area contributed by atoms with Gasteiger partial charge >= 0.3 is 0 Å². The van der Waals surface area contributed by atoms with Crippen molar-refractivity contribution >= 4 is 11.6 Å². The molecule has 0 aromatic heterocycles. The summed E-state index contributed by atoms with van der Waals surface area (Å²) in [5.41, 5.74) is 1.11. The summed E-state index contributed by atoms with van der Waals surface area (Å²) in [4.78, 5) is 12.0. The van der Waals surface area contributed by atoms with E-state index in [2.05, 4.69) is 5.32 Å². The molecule has 0 aliphatic carbocycles. The average Bonchev–Trinajstić information content (AvgIpc) is 2.48. The zero-order chi connectivity index (χ0) is 15.1. The van der Waals surface area contributed by atoms with Gasteiger partial charge in [-0.3, -0.25) is 4.79 Å². The zero-order valence-corrected chi connectivity index (χ0v) is 11.7. The van der Waals surface area contributed by atoms with Crippen molar-refractivity contribution in [3.63, 3.8) is 0 Å². The van der Waals surface area contributed by atoms with E-state index in [0.717, 1.165) is 0 Å². The molecule has 0 radical (unpaired) electrons. The third-order valence-electron chi connectivity index (χ3n) is 2.78. The number of methoxy groups -OCH3 is 1. The van der Waals surface area contributed by atoms with Gasteiger partial charge in [-0.15, -0.1) is 0 Å². The molecule has 0 spiro atoms. The van der Waals surface area contributed by atoms with E-state index in [0.29, 0.717) is 30.2 Å². The third-order valence-corrected chi connectivity index (χ3v) is 2.78. The van der Waals surface area contributed by atoms with Crippen molar-refractivity contribution in [2.75, 3.05) is 25.6 Å². The number of amides is 1. The topological polar surface area (TPSA) is 67.8 Å². The van der Waals surface area contributed by atoms with Gasteiger partial charge in [-0.05, 0) is 36.4 Å². The summed E-state index contributed by atoms with van der Waals surface area (Å²) in [5.74, 6) is 0.541. The maximum atomic E-state index is 12.0. The van der Waals surface area contributed by atoms with E-state index in [1.807, 2.05) is 6.07 Å². The fraction of sp³-hybridized carbons (Fsp3) is 0.188. The molecule has 0 aliphatic heterocycles. The minimum atomic E-state index is -0.246. The number of hydrogen-bond acceptors (Lipinski definition) is 4. The predicted molar refractivity (Wildman–Crippen MR) is 79.9 cm³/mol. The van der Waals surface area contributed by atoms with Crippen molar-refractivity contribution in [3.8, 4) is 11.5 Å². The highest BCUT2D eigenvalue weighted by molar-refractivity contribution is 6.04. The van der Waals surface area contributed by atoms with Crippen molar-refractivity contribution in [1.82, 2.24) is 0 Å². The summed E-state index contributed by atoms with van der Waals surface area (Å²) in [7, 11) is 1.61. The highest BCUT2D eigenvalue weighted by atomic mass is 16.5. The van der Waals surface area contributed by atoms with Crippen LogP contribution in [-0.2, 0) is 4.74 Å². The van der Waals surface area contributed by atoms with Gasteiger partial charge in [0.25, 0.3) is 5.91 Å². The number of benzene rings is 2. The van der Waals surface area contributed by atoms with Gasteiger partial charge in [0.1, 0.15) is 18.1 Å². The van der Waals surface area contributed by atoms with Crippen molar-refractivity contribution < 1.29 is 19.4 Å². The Labute approximate surface area is 123 Å². The van der Waals surface area contributed by atoms with Gasteiger partial charge in [-0.2, -0.15) is 0 Å². The van der Waals surface area contributed by atoms with E-state index in [-0.39, 0.29) is 11.7 Å². The van der Waals surface area contributed by atoms with Gasteiger partial charge in [0, 0.05) is 24.4 Å². The number of nitrogens with one attached hydrogen (secondary N) is 1. The van der Waals surface area contributed by atoms with Crippen LogP contribution in [0.1, 0.15) is 10.4 Å². The molecule has 2 rings (SSSR count). The largest absolute Gasteiger partial charge is 0.508 e. The Morgan fingerprint density at radius 3 is 2.62 bits per heavy atom. The molecule has 5 heteroatoms. The van der Waals surface area contributed by atoms with Gasteiger partial charge in [0.2, 0.25) is 0 Å². The first-order valence-electron chi connectivity index (χ1n) is 6.51. The van der Waals surface area contributed by atoms with E-state index in [9.17, 15) is 9.90 Å². The lowest BCUT2D eigenvalue weighted by atomic mass is 10.2. The van der Waals surface area contributed by atoms with E-state index in [1.54, 1.807) is 37.4 Å². The van der Waals surface area contributed by atoms with Crippen LogP contribution in [0.4, 0.5) is 5.69 Å². The molecule has 2 N–H and O–H groups in total. The monoisotopic (exact) mass is 287 g/mol. The predicted octanol–water partition coefficient (Wildman–Crippen LogP) is 2.67. The number of rotatable bonds is 6. The van der Waals surface area contributed by atoms with Gasteiger partial charge in [-0.25, -0.2) is 0 Å². The molecule has 0 unspecified atom stereocenters. The summed E-state index contributed by atoms with van der Waals surface area (Å²) in [6.07, 6.45) is 0. The number of anilines is 1. The number of carbonyl (C=O) groups excluding carboxylic acids is 1. The Morgan fingerprint density at radius 1 is 1.14 bits per heavy atom. The molecular weight excluding hydrogens is 270 g/mol. The molecule has 21 heavy (non-hydrogen) atoms. The zero-order valence-electron chi connectivity index (χ0n) is 11.7. The van der Waals surface area contributed by atoms with Crippen LogP contribution in [0.3, 0.4) is 0 Å². The fourth-order valence-electron chi connectivity index (χ4n) is 1.72. The summed E-state index contributed by atoms with van der Waals surface area (Å²) in [6, 6.07) is 13.2. The maximum Gasteiger partial charge on any atom is 0.255 e. The van der Waals surface area contributed by atoms with Crippen LogP contribution in [0.2, 0.25) is 0 Å². The quantitative estimate of drug-likeness (QED) is 0.802. The Kier molecular flexibility index (Phi) is 5.17. The van der Waals surface area contributed by atoms with Crippen LogP contribution in [0, 0.1) is 0 Å². The Hall–Kier alpha value is -2.53.